The second-order valence-electron chi connectivity index (χ2n) is 6.55. The molecule has 0 bridgehead atoms. The highest BCUT2D eigenvalue weighted by molar-refractivity contribution is 7.98. The van der Waals surface area contributed by atoms with Gasteiger partial charge in [-0.05, 0) is 37.4 Å². The number of nitrogens with one attached hydrogen (secondary N) is 2. The van der Waals surface area contributed by atoms with Gasteiger partial charge < -0.3 is 5.32 Å². The average molecular weight is 408 g/mol. The van der Waals surface area contributed by atoms with E-state index in [0.29, 0.717) is 12.1 Å². The maximum Gasteiger partial charge on any atom is 0.269 e. The van der Waals surface area contributed by atoms with Crippen LogP contribution in [0.25, 0.3) is 11.3 Å². The quantitative estimate of drug-likeness (QED) is 0.459. The van der Waals surface area contributed by atoms with E-state index in [1.54, 1.807) is 10.7 Å². The molecule has 0 spiro atoms. The molecule has 1 atom stereocenters. The van der Waals surface area contributed by atoms with Crippen LogP contribution in [0.2, 0.25) is 0 Å². The van der Waals surface area contributed by atoms with Gasteiger partial charge in [0.2, 0.25) is 0 Å². The van der Waals surface area contributed by atoms with Crippen molar-refractivity contribution in [3.8, 4) is 17.3 Å². The predicted octanol–water partition coefficient (Wildman–Crippen LogP) is 2.89. The van der Waals surface area contributed by atoms with Crippen molar-refractivity contribution in [2.24, 2.45) is 0 Å². The molecule has 2 aromatic heterocycles. The maximum atomic E-state index is 12.3. The summed E-state index contributed by atoms with van der Waals surface area (Å²) < 4.78 is 1.76. The number of hydrogen-bond acceptors (Lipinski definition) is 6. The highest BCUT2D eigenvalue weighted by atomic mass is 32.2. The number of carbonyl (C=O) groups excluding carboxylic acids is 2. The van der Waals surface area contributed by atoms with Crippen molar-refractivity contribution in [3.05, 3.63) is 53.5 Å². The molecule has 0 aliphatic carbocycles. The molecule has 1 unspecified atom stereocenters. The van der Waals surface area contributed by atoms with E-state index in [1.807, 2.05) is 37.6 Å². The molecule has 0 radical (unpaired) electrons. The Morgan fingerprint density at radius 2 is 2.14 bits per heavy atom. The molecule has 29 heavy (non-hydrogen) atoms. The maximum absolute atomic E-state index is 12.3. The van der Waals surface area contributed by atoms with E-state index in [1.165, 1.54) is 24.8 Å². The molecule has 0 saturated heterocycles. The number of aromatic nitrogens is 4. The Morgan fingerprint density at radius 1 is 1.34 bits per heavy atom. The monoisotopic (exact) mass is 408 g/mol. The molecule has 2 N–H and O–H groups in total. The molecule has 0 fully saturated rings. The third kappa shape index (κ3) is 4.73. The van der Waals surface area contributed by atoms with E-state index in [9.17, 15) is 9.59 Å². The number of benzene rings is 1. The molecule has 0 aliphatic rings. The number of Topliss-reactive ketones (excluding diaryl/α,β-unsaturated/α-hetero) is 1. The smallest absolute Gasteiger partial charge is 0.269 e. The molecule has 0 aliphatic heterocycles. The van der Waals surface area contributed by atoms with Crippen LogP contribution < -0.4 is 5.32 Å². The van der Waals surface area contributed by atoms with Crippen molar-refractivity contribution >= 4 is 23.5 Å². The van der Waals surface area contributed by atoms with Crippen molar-refractivity contribution in [3.63, 3.8) is 0 Å². The number of hydrogen-bond donors (Lipinski definition) is 2. The molecule has 1 aromatic carbocycles. The molecule has 1 amide bonds. The largest absolute Gasteiger partial charge is 0.346 e. The number of amides is 1. The lowest BCUT2D eigenvalue weighted by Crippen LogP contribution is -2.36. The van der Waals surface area contributed by atoms with Crippen LogP contribution in [0.5, 0.6) is 0 Å². The van der Waals surface area contributed by atoms with Gasteiger partial charge in [-0.1, -0.05) is 6.07 Å². The zero-order valence-corrected chi connectivity index (χ0v) is 17.1. The summed E-state index contributed by atoms with van der Waals surface area (Å²) in [6, 6.07) is 10.9. The summed E-state index contributed by atoms with van der Waals surface area (Å²) in [5, 5.41) is 23.0. The molecule has 3 rings (SSSR count). The zero-order chi connectivity index (χ0) is 21.0. The second-order valence-corrected chi connectivity index (χ2v) is 7.40. The first-order valence-electron chi connectivity index (χ1n) is 8.90. The average Bonchev–Trinajstić information content (AvgIpc) is 3.37. The highest BCUT2D eigenvalue weighted by Gasteiger charge is 2.15. The fourth-order valence-corrected chi connectivity index (χ4v) is 3.38. The van der Waals surface area contributed by atoms with E-state index >= 15 is 0 Å². The Balaban J connectivity index is 1.65. The number of ketones is 1. The summed E-state index contributed by atoms with van der Waals surface area (Å²) in [6.07, 6.45) is 3.78. The Hall–Kier alpha value is -3.38. The van der Waals surface area contributed by atoms with Gasteiger partial charge in [-0.2, -0.15) is 15.5 Å². The van der Waals surface area contributed by atoms with Crippen LogP contribution >= 0.6 is 11.8 Å². The van der Waals surface area contributed by atoms with Crippen LogP contribution in [0.3, 0.4) is 0 Å². The van der Waals surface area contributed by atoms with Crippen LogP contribution in [0.4, 0.5) is 0 Å². The number of carbonyl (C=O) groups is 2. The summed E-state index contributed by atoms with van der Waals surface area (Å²) >= 11 is 1.52. The van der Waals surface area contributed by atoms with Gasteiger partial charge in [0, 0.05) is 29.6 Å². The minimum absolute atomic E-state index is 0.193. The van der Waals surface area contributed by atoms with E-state index in [-0.39, 0.29) is 29.1 Å². The molecule has 8 nitrogen and oxygen atoms in total. The Bertz CT molecular complexity index is 1090. The van der Waals surface area contributed by atoms with Crippen molar-refractivity contribution in [1.82, 2.24) is 25.3 Å². The molecular weight excluding hydrogens is 388 g/mol. The van der Waals surface area contributed by atoms with E-state index in [0.717, 1.165) is 16.2 Å². The number of rotatable bonds is 7. The topological polar surface area (TPSA) is 116 Å². The van der Waals surface area contributed by atoms with Crippen molar-refractivity contribution in [2.75, 3.05) is 6.26 Å². The first-order valence-corrected chi connectivity index (χ1v) is 10.1. The van der Waals surface area contributed by atoms with E-state index < -0.39 is 0 Å². The minimum atomic E-state index is -0.332. The normalized spacial score (nSPS) is 11.7. The van der Waals surface area contributed by atoms with Gasteiger partial charge in [-0.15, -0.1) is 11.8 Å². The van der Waals surface area contributed by atoms with Gasteiger partial charge in [-0.3, -0.25) is 19.4 Å². The third-order valence-corrected chi connectivity index (χ3v) is 5.06. The standard InChI is InChI=1S/C20H20N6O2S/c1-12(22-20(28)18-9-17(13(2)27)23-24-18)11-26-7-6-16(25-26)14-4-5-15(10-21)19(8-14)29-3/h4-9,12H,11H2,1-3H3,(H,22,28)(H,23,24). The van der Waals surface area contributed by atoms with Crippen LogP contribution in [-0.4, -0.2) is 44.0 Å². The van der Waals surface area contributed by atoms with Crippen LogP contribution in [0, 0.1) is 11.3 Å². The van der Waals surface area contributed by atoms with Gasteiger partial charge in [0.05, 0.1) is 17.8 Å². The molecule has 0 saturated carbocycles. The lowest BCUT2D eigenvalue weighted by molar-refractivity contribution is 0.0930. The fraction of sp³-hybridized carbons (Fsp3) is 0.250. The summed E-state index contributed by atoms with van der Waals surface area (Å²) in [5.41, 5.74) is 2.83. The Morgan fingerprint density at radius 3 is 2.79 bits per heavy atom. The summed E-state index contributed by atoms with van der Waals surface area (Å²) in [7, 11) is 0. The minimum Gasteiger partial charge on any atom is -0.346 e. The lowest BCUT2D eigenvalue weighted by atomic mass is 10.1. The van der Waals surface area contributed by atoms with Gasteiger partial charge in [0.25, 0.3) is 5.91 Å². The Labute approximate surface area is 172 Å². The summed E-state index contributed by atoms with van der Waals surface area (Å²) in [4.78, 5) is 24.5. The van der Waals surface area contributed by atoms with Crippen LogP contribution in [-0.2, 0) is 6.54 Å². The predicted molar refractivity (Wildman–Crippen MR) is 110 cm³/mol. The first kappa shape index (κ1) is 20.4. The van der Waals surface area contributed by atoms with Crippen LogP contribution in [0.1, 0.15) is 40.4 Å². The number of thioether (sulfide) groups is 1. The highest BCUT2D eigenvalue weighted by Crippen LogP contribution is 2.26. The summed E-state index contributed by atoms with van der Waals surface area (Å²) in [5.74, 6) is -0.536. The molecule has 148 valence electrons. The molecule has 3 aromatic rings. The number of H-pyrrole nitrogens is 1. The van der Waals surface area contributed by atoms with Gasteiger partial charge >= 0.3 is 0 Å². The van der Waals surface area contributed by atoms with Crippen molar-refractivity contribution in [1.29, 1.82) is 5.26 Å². The molecular formula is C20H20N6O2S. The van der Waals surface area contributed by atoms with Crippen molar-refractivity contribution < 1.29 is 9.59 Å². The van der Waals surface area contributed by atoms with Gasteiger partial charge in [0.15, 0.2) is 5.78 Å². The first-order chi connectivity index (χ1) is 13.9. The van der Waals surface area contributed by atoms with E-state index in [4.69, 9.17) is 5.26 Å². The SMILES string of the molecule is CSc1cc(-c2ccn(CC(C)NC(=O)c3cc(C(C)=O)n[nH]3)n2)ccc1C#N. The number of nitriles is 1. The zero-order valence-electron chi connectivity index (χ0n) is 16.3. The van der Waals surface area contributed by atoms with Gasteiger partial charge in [0.1, 0.15) is 17.5 Å². The second kappa shape index (κ2) is 8.75. The number of nitrogens with zero attached hydrogens (tertiary/aromatic N) is 4. The lowest BCUT2D eigenvalue weighted by Gasteiger charge is -2.13. The van der Waals surface area contributed by atoms with Crippen LogP contribution in [0.15, 0.2) is 41.4 Å². The van der Waals surface area contributed by atoms with E-state index in [2.05, 4.69) is 26.7 Å². The fourth-order valence-electron chi connectivity index (χ4n) is 2.81. The Kier molecular flexibility index (Phi) is 6.14. The number of aromatic amines is 1. The summed E-state index contributed by atoms with van der Waals surface area (Å²) in [6.45, 7) is 3.74. The van der Waals surface area contributed by atoms with Gasteiger partial charge in [-0.25, -0.2) is 0 Å². The van der Waals surface area contributed by atoms with Crippen molar-refractivity contribution in [2.45, 2.75) is 31.3 Å². The molecule has 9 heteroatoms. The third-order valence-electron chi connectivity index (χ3n) is 4.28. The molecule has 2 heterocycles.